The Morgan fingerprint density at radius 3 is 2.44 bits per heavy atom. The summed E-state index contributed by atoms with van der Waals surface area (Å²) >= 11 is 1.47. The van der Waals surface area contributed by atoms with Gasteiger partial charge in [0.15, 0.2) is 5.13 Å². The lowest BCUT2D eigenvalue weighted by atomic mass is 10.2. The normalized spacial score (nSPS) is 10.2. The summed E-state index contributed by atoms with van der Waals surface area (Å²) in [6.45, 7) is 1.96. The predicted molar refractivity (Wildman–Crippen MR) is 75.6 cm³/mol. The summed E-state index contributed by atoms with van der Waals surface area (Å²) < 4.78 is 0. The van der Waals surface area contributed by atoms with Gasteiger partial charge in [0.1, 0.15) is 0 Å². The average Bonchev–Trinajstić information content (AvgIpc) is 2.75. The van der Waals surface area contributed by atoms with Crippen molar-refractivity contribution in [1.82, 2.24) is 4.98 Å². The van der Waals surface area contributed by atoms with Crippen molar-refractivity contribution in [1.29, 1.82) is 0 Å². The molecule has 1 N–H and O–H groups in total. The van der Waals surface area contributed by atoms with Crippen LogP contribution in [-0.4, -0.2) is 25.0 Å². The maximum atomic E-state index is 11.9. The number of rotatable bonds is 3. The van der Waals surface area contributed by atoms with Crippen LogP contribution >= 0.6 is 11.3 Å². The van der Waals surface area contributed by atoms with Gasteiger partial charge < -0.3 is 4.90 Å². The van der Waals surface area contributed by atoms with E-state index in [0.29, 0.717) is 10.7 Å². The van der Waals surface area contributed by atoms with Gasteiger partial charge >= 0.3 is 0 Å². The van der Waals surface area contributed by atoms with Gasteiger partial charge in [0.2, 0.25) is 0 Å². The fraction of sp³-hybridized carbons (Fsp3) is 0.231. The van der Waals surface area contributed by atoms with Crippen LogP contribution in [0.25, 0.3) is 0 Å². The van der Waals surface area contributed by atoms with E-state index in [1.807, 2.05) is 50.2 Å². The Balaban J connectivity index is 2.09. The molecule has 0 unspecified atom stereocenters. The van der Waals surface area contributed by atoms with Crippen molar-refractivity contribution in [2.75, 3.05) is 24.3 Å². The molecule has 94 valence electrons. The molecule has 0 atom stereocenters. The van der Waals surface area contributed by atoms with E-state index in [0.717, 1.165) is 10.6 Å². The Hall–Kier alpha value is -1.88. The molecule has 1 aromatic carbocycles. The van der Waals surface area contributed by atoms with E-state index < -0.39 is 0 Å². The zero-order valence-electron chi connectivity index (χ0n) is 10.6. The molecule has 1 aromatic heterocycles. The molecular weight excluding hydrogens is 246 g/mol. The fourth-order valence-corrected chi connectivity index (χ4v) is 2.15. The molecule has 1 amide bonds. The summed E-state index contributed by atoms with van der Waals surface area (Å²) in [7, 11) is 3.93. The van der Waals surface area contributed by atoms with Gasteiger partial charge in [-0.2, -0.15) is 0 Å². The Morgan fingerprint density at radius 1 is 1.28 bits per heavy atom. The highest BCUT2D eigenvalue weighted by Gasteiger charge is 2.08. The molecule has 0 fully saturated rings. The SMILES string of the molecule is Cc1cnc(NC(=O)c2ccc(N(C)C)cc2)s1. The molecule has 0 spiro atoms. The molecule has 2 aromatic rings. The number of aryl methyl sites for hydroxylation is 1. The van der Waals surface area contributed by atoms with E-state index in [4.69, 9.17) is 0 Å². The summed E-state index contributed by atoms with van der Waals surface area (Å²) in [4.78, 5) is 19.1. The van der Waals surface area contributed by atoms with Crippen molar-refractivity contribution >= 4 is 28.1 Å². The lowest BCUT2D eigenvalue weighted by Gasteiger charge is -2.12. The molecule has 1 heterocycles. The topological polar surface area (TPSA) is 45.2 Å². The minimum absolute atomic E-state index is 0.130. The molecule has 0 aliphatic carbocycles. The van der Waals surface area contributed by atoms with Crippen LogP contribution in [-0.2, 0) is 0 Å². The van der Waals surface area contributed by atoms with Crippen LogP contribution in [0.1, 0.15) is 15.2 Å². The van der Waals surface area contributed by atoms with E-state index in [9.17, 15) is 4.79 Å². The zero-order chi connectivity index (χ0) is 13.1. The lowest BCUT2D eigenvalue weighted by Crippen LogP contribution is -2.12. The third kappa shape index (κ3) is 2.87. The minimum Gasteiger partial charge on any atom is -0.378 e. The highest BCUT2D eigenvalue weighted by atomic mass is 32.1. The quantitative estimate of drug-likeness (QED) is 0.924. The van der Waals surface area contributed by atoms with Gasteiger partial charge in [-0.25, -0.2) is 4.98 Å². The molecule has 4 nitrogen and oxygen atoms in total. The minimum atomic E-state index is -0.130. The smallest absolute Gasteiger partial charge is 0.257 e. The van der Waals surface area contributed by atoms with E-state index >= 15 is 0 Å². The van der Waals surface area contributed by atoms with Crippen molar-refractivity contribution in [3.63, 3.8) is 0 Å². The zero-order valence-corrected chi connectivity index (χ0v) is 11.4. The maximum absolute atomic E-state index is 11.9. The van der Waals surface area contributed by atoms with Gasteiger partial charge in [0.25, 0.3) is 5.91 Å². The van der Waals surface area contributed by atoms with Crippen LogP contribution in [0, 0.1) is 6.92 Å². The molecule has 18 heavy (non-hydrogen) atoms. The largest absolute Gasteiger partial charge is 0.378 e. The van der Waals surface area contributed by atoms with E-state index in [-0.39, 0.29) is 5.91 Å². The van der Waals surface area contributed by atoms with Gasteiger partial charge in [-0.05, 0) is 31.2 Å². The first-order valence-electron chi connectivity index (χ1n) is 5.57. The first-order chi connectivity index (χ1) is 8.56. The van der Waals surface area contributed by atoms with Crippen molar-refractivity contribution in [3.8, 4) is 0 Å². The average molecular weight is 261 g/mol. The van der Waals surface area contributed by atoms with Crippen molar-refractivity contribution in [3.05, 3.63) is 40.9 Å². The fourth-order valence-electron chi connectivity index (χ4n) is 1.49. The van der Waals surface area contributed by atoms with Crippen molar-refractivity contribution in [2.45, 2.75) is 6.92 Å². The first-order valence-corrected chi connectivity index (χ1v) is 6.39. The molecule has 0 saturated heterocycles. The Bertz CT molecular complexity index is 546. The number of carbonyl (C=O) groups is 1. The van der Waals surface area contributed by atoms with Crippen molar-refractivity contribution in [2.24, 2.45) is 0 Å². The second kappa shape index (κ2) is 5.18. The number of amides is 1. The molecule has 0 bridgehead atoms. The number of hydrogen-bond donors (Lipinski definition) is 1. The second-order valence-corrected chi connectivity index (χ2v) is 5.41. The number of thiazole rings is 1. The van der Waals surface area contributed by atoms with Gasteiger partial charge in [0.05, 0.1) is 0 Å². The predicted octanol–water partition coefficient (Wildman–Crippen LogP) is 2.77. The number of carbonyl (C=O) groups excluding carboxylic acids is 1. The molecule has 0 aliphatic heterocycles. The lowest BCUT2D eigenvalue weighted by molar-refractivity contribution is 0.102. The number of hydrogen-bond acceptors (Lipinski definition) is 4. The van der Waals surface area contributed by atoms with Crippen LogP contribution < -0.4 is 10.2 Å². The van der Waals surface area contributed by atoms with Gasteiger partial charge in [-0.3, -0.25) is 10.1 Å². The number of nitrogens with zero attached hydrogens (tertiary/aromatic N) is 2. The second-order valence-electron chi connectivity index (χ2n) is 4.17. The number of aromatic nitrogens is 1. The highest BCUT2D eigenvalue weighted by Crippen LogP contribution is 2.18. The van der Waals surface area contributed by atoms with E-state index in [1.54, 1.807) is 6.20 Å². The Kier molecular flexibility index (Phi) is 3.62. The van der Waals surface area contributed by atoms with Gasteiger partial charge in [-0.1, -0.05) is 0 Å². The summed E-state index contributed by atoms with van der Waals surface area (Å²) in [5, 5.41) is 3.42. The number of benzene rings is 1. The van der Waals surface area contributed by atoms with Crippen LogP contribution in [0.5, 0.6) is 0 Å². The summed E-state index contributed by atoms with van der Waals surface area (Å²) in [6, 6.07) is 7.46. The third-order valence-corrected chi connectivity index (χ3v) is 3.32. The van der Waals surface area contributed by atoms with Crippen molar-refractivity contribution < 1.29 is 4.79 Å². The van der Waals surface area contributed by atoms with Gasteiger partial charge in [-0.15, -0.1) is 11.3 Å². The Labute approximate surface area is 110 Å². The first kappa shape index (κ1) is 12.6. The van der Waals surface area contributed by atoms with Crippen LogP contribution in [0.15, 0.2) is 30.5 Å². The van der Waals surface area contributed by atoms with E-state index in [1.165, 1.54) is 11.3 Å². The number of nitrogens with one attached hydrogen (secondary N) is 1. The van der Waals surface area contributed by atoms with Crippen LogP contribution in [0.3, 0.4) is 0 Å². The summed E-state index contributed by atoms with van der Waals surface area (Å²) in [5.74, 6) is -0.130. The molecular formula is C13H15N3OS. The third-order valence-electron chi connectivity index (χ3n) is 2.49. The van der Waals surface area contributed by atoms with Crippen LogP contribution in [0.4, 0.5) is 10.8 Å². The maximum Gasteiger partial charge on any atom is 0.257 e. The molecule has 0 aliphatic rings. The highest BCUT2D eigenvalue weighted by molar-refractivity contribution is 7.15. The molecule has 0 saturated carbocycles. The number of anilines is 2. The molecule has 2 rings (SSSR count). The standard InChI is InChI=1S/C13H15N3OS/c1-9-8-14-13(18-9)15-12(17)10-4-6-11(7-5-10)16(2)3/h4-8H,1-3H3,(H,14,15,17). The monoisotopic (exact) mass is 261 g/mol. The molecule has 5 heteroatoms. The molecule has 0 radical (unpaired) electrons. The van der Waals surface area contributed by atoms with Crippen LogP contribution in [0.2, 0.25) is 0 Å². The Morgan fingerprint density at radius 2 is 1.94 bits per heavy atom. The summed E-state index contributed by atoms with van der Waals surface area (Å²) in [5.41, 5.74) is 1.70. The van der Waals surface area contributed by atoms with E-state index in [2.05, 4.69) is 10.3 Å². The van der Waals surface area contributed by atoms with Gasteiger partial charge in [0, 0.05) is 36.4 Å². The summed E-state index contributed by atoms with van der Waals surface area (Å²) in [6.07, 6.45) is 1.75.